The van der Waals surface area contributed by atoms with E-state index in [1.807, 2.05) is 18.2 Å². The zero-order chi connectivity index (χ0) is 14.7. The Morgan fingerprint density at radius 2 is 2.05 bits per heavy atom. The summed E-state index contributed by atoms with van der Waals surface area (Å²) in [6.45, 7) is 0. The number of rotatable bonds is 4. The van der Waals surface area contributed by atoms with Gasteiger partial charge in [0.15, 0.2) is 0 Å². The van der Waals surface area contributed by atoms with Crippen molar-refractivity contribution in [2.75, 3.05) is 0 Å². The van der Waals surface area contributed by atoms with Crippen LogP contribution in [0.5, 0.6) is 5.88 Å². The van der Waals surface area contributed by atoms with Crippen LogP contribution in [0.15, 0.2) is 29.4 Å². The van der Waals surface area contributed by atoms with Gasteiger partial charge in [0.1, 0.15) is 5.03 Å². The third-order valence-corrected chi connectivity index (χ3v) is 4.78. The highest BCUT2D eigenvalue weighted by molar-refractivity contribution is 7.98. The Bertz CT molecular complexity index is 658. The molecule has 0 radical (unpaired) electrons. The molecule has 2 heterocycles. The minimum absolute atomic E-state index is 0.0193. The van der Waals surface area contributed by atoms with Crippen molar-refractivity contribution in [2.24, 2.45) is 0 Å². The third-order valence-electron chi connectivity index (χ3n) is 3.73. The molecule has 4 nitrogen and oxygen atoms in total. The molecule has 1 aliphatic rings. The van der Waals surface area contributed by atoms with E-state index in [9.17, 15) is 5.11 Å². The number of fused-ring (bicyclic) bond motifs is 1. The van der Waals surface area contributed by atoms with E-state index >= 15 is 0 Å². The van der Waals surface area contributed by atoms with Crippen molar-refractivity contribution in [2.45, 2.75) is 36.5 Å². The van der Waals surface area contributed by atoms with Gasteiger partial charge in [0.2, 0.25) is 5.88 Å². The molecular weight excluding hydrogens is 282 g/mol. The van der Waals surface area contributed by atoms with Gasteiger partial charge in [-0.15, -0.1) is 0 Å². The fraction of sp³-hybridized carbons (Fsp3) is 0.312. The molecule has 0 fully saturated rings. The SMILES string of the molecule is N=Cc1c(O)nc(SCc2ccccn2)c2c1CCCC2. The third kappa shape index (κ3) is 2.93. The molecule has 0 unspecified atom stereocenters. The van der Waals surface area contributed by atoms with Gasteiger partial charge in [-0.3, -0.25) is 4.98 Å². The quantitative estimate of drug-likeness (QED) is 0.671. The molecule has 0 atom stereocenters. The Kier molecular flexibility index (Phi) is 4.20. The van der Waals surface area contributed by atoms with Crippen molar-refractivity contribution < 1.29 is 5.11 Å². The maximum Gasteiger partial charge on any atom is 0.221 e. The molecule has 0 amide bonds. The second-order valence-corrected chi connectivity index (χ2v) is 6.04. The van der Waals surface area contributed by atoms with Gasteiger partial charge in [-0.05, 0) is 48.9 Å². The summed E-state index contributed by atoms with van der Waals surface area (Å²) in [6, 6.07) is 5.87. The highest BCUT2D eigenvalue weighted by Gasteiger charge is 2.21. The van der Waals surface area contributed by atoms with Crippen molar-refractivity contribution in [1.29, 1.82) is 5.41 Å². The molecule has 1 aliphatic carbocycles. The number of pyridine rings is 2. The molecule has 0 aliphatic heterocycles. The topological polar surface area (TPSA) is 69.9 Å². The predicted octanol–water partition coefficient (Wildman–Crippen LogP) is 3.35. The van der Waals surface area contributed by atoms with Gasteiger partial charge in [-0.2, -0.15) is 0 Å². The molecule has 0 spiro atoms. The van der Waals surface area contributed by atoms with Crippen molar-refractivity contribution in [3.8, 4) is 5.88 Å². The largest absolute Gasteiger partial charge is 0.493 e. The number of nitrogens with zero attached hydrogens (tertiary/aromatic N) is 2. The summed E-state index contributed by atoms with van der Waals surface area (Å²) in [7, 11) is 0. The summed E-state index contributed by atoms with van der Waals surface area (Å²) in [4.78, 5) is 8.63. The summed E-state index contributed by atoms with van der Waals surface area (Å²) in [5.41, 5.74) is 3.90. The Morgan fingerprint density at radius 1 is 1.24 bits per heavy atom. The van der Waals surface area contributed by atoms with E-state index in [0.717, 1.165) is 47.7 Å². The molecule has 3 rings (SSSR count). The Labute approximate surface area is 128 Å². The zero-order valence-corrected chi connectivity index (χ0v) is 12.5. The number of nitrogens with one attached hydrogen (secondary N) is 1. The number of aromatic hydroxyl groups is 1. The van der Waals surface area contributed by atoms with Crippen molar-refractivity contribution >= 4 is 18.0 Å². The average Bonchev–Trinajstić information content (AvgIpc) is 2.54. The minimum Gasteiger partial charge on any atom is -0.493 e. The zero-order valence-electron chi connectivity index (χ0n) is 11.7. The molecule has 2 aromatic heterocycles. The Hall–Kier alpha value is -1.88. The van der Waals surface area contributed by atoms with Crippen molar-refractivity contribution in [1.82, 2.24) is 9.97 Å². The van der Waals surface area contributed by atoms with E-state index in [0.29, 0.717) is 5.56 Å². The molecule has 2 aromatic rings. The molecule has 2 N–H and O–H groups in total. The highest BCUT2D eigenvalue weighted by Crippen LogP contribution is 2.35. The maximum atomic E-state index is 10.1. The maximum absolute atomic E-state index is 10.1. The summed E-state index contributed by atoms with van der Waals surface area (Å²) in [5.74, 6) is 0.720. The molecular formula is C16H17N3OS. The Balaban J connectivity index is 1.91. The fourth-order valence-electron chi connectivity index (χ4n) is 2.69. The first-order chi connectivity index (χ1) is 10.3. The molecule has 108 valence electrons. The monoisotopic (exact) mass is 299 g/mol. The van der Waals surface area contributed by atoms with E-state index in [4.69, 9.17) is 5.41 Å². The van der Waals surface area contributed by atoms with Crippen LogP contribution in [0.1, 0.15) is 35.2 Å². The van der Waals surface area contributed by atoms with Crippen LogP contribution in [0, 0.1) is 5.41 Å². The van der Waals surface area contributed by atoms with Crippen LogP contribution in [0.4, 0.5) is 0 Å². The van der Waals surface area contributed by atoms with Gasteiger partial charge < -0.3 is 10.5 Å². The number of thioether (sulfide) groups is 1. The first-order valence-corrected chi connectivity index (χ1v) is 8.06. The lowest BCUT2D eigenvalue weighted by molar-refractivity contribution is 0.443. The molecule has 0 saturated carbocycles. The number of hydrogen-bond donors (Lipinski definition) is 2. The molecule has 0 saturated heterocycles. The van der Waals surface area contributed by atoms with Crippen molar-refractivity contribution in [3.05, 3.63) is 46.8 Å². The second kappa shape index (κ2) is 6.26. The van der Waals surface area contributed by atoms with Crippen LogP contribution in [0.2, 0.25) is 0 Å². The summed E-state index contributed by atoms with van der Waals surface area (Å²) < 4.78 is 0. The lowest BCUT2D eigenvalue weighted by atomic mass is 9.90. The lowest BCUT2D eigenvalue weighted by Crippen LogP contribution is -2.10. The van der Waals surface area contributed by atoms with Crippen LogP contribution in [0.3, 0.4) is 0 Å². The molecule has 0 aromatic carbocycles. The highest BCUT2D eigenvalue weighted by atomic mass is 32.2. The fourth-order valence-corrected chi connectivity index (χ4v) is 3.70. The smallest absolute Gasteiger partial charge is 0.221 e. The van der Waals surface area contributed by atoms with Crippen molar-refractivity contribution in [3.63, 3.8) is 0 Å². The van der Waals surface area contributed by atoms with E-state index in [1.165, 1.54) is 11.8 Å². The minimum atomic E-state index is -0.0193. The van der Waals surface area contributed by atoms with Gasteiger partial charge in [0.25, 0.3) is 0 Å². The number of hydrogen-bond acceptors (Lipinski definition) is 5. The van der Waals surface area contributed by atoms with E-state index in [2.05, 4.69) is 9.97 Å². The lowest BCUT2D eigenvalue weighted by Gasteiger charge is -2.21. The second-order valence-electron chi connectivity index (χ2n) is 5.07. The van der Waals surface area contributed by atoms with Gasteiger partial charge in [0.05, 0.1) is 11.3 Å². The van der Waals surface area contributed by atoms with E-state index < -0.39 is 0 Å². The van der Waals surface area contributed by atoms with Crippen LogP contribution < -0.4 is 0 Å². The predicted molar refractivity (Wildman–Crippen MR) is 84.2 cm³/mol. The van der Waals surface area contributed by atoms with Gasteiger partial charge in [0, 0.05) is 18.2 Å². The summed E-state index contributed by atoms with van der Waals surface area (Å²) in [5, 5.41) is 18.4. The van der Waals surface area contributed by atoms with E-state index in [-0.39, 0.29) is 5.88 Å². The first-order valence-electron chi connectivity index (χ1n) is 7.07. The normalized spacial score (nSPS) is 13.7. The van der Waals surface area contributed by atoms with Gasteiger partial charge in [-0.1, -0.05) is 17.8 Å². The molecule has 21 heavy (non-hydrogen) atoms. The standard InChI is InChI=1S/C16H17N3OS/c17-9-14-12-6-1-2-7-13(12)16(19-15(14)20)21-10-11-5-3-4-8-18-11/h3-5,8-9,17H,1-2,6-7,10H2,(H,19,20). The Morgan fingerprint density at radius 3 is 2.76 bits per heavy atom. The number of aromatic nitrogens is 2. The van der Waals surface area contributed by atoms with Crippen LogP contribution in [-0.4, -0.2) is 21.3 Å². The summed E-state index contributed by atoms with van der Waals surface area (Å²) in [6.07, 6.45) is 7.17. The molecule has 5 heteroatoms. The van der Waals surface area contributed by atoms with Crippen LogP contribution in [-0.2, 0) is 18.6 Å². The average molecular weight is 299 g/mol. The van der Waals surface area contributed by atoms with Gasteiger partial charge in [-0.25, -0.2) is 4.98 Å². The molecule has 0 bridgehead atoms. The van der Waals surface area contributed by atoms with Gasteiger partial charge >= 0.3 is 0 Å². The van der Waals surface area contributed by atoms with Crippen LogP contribution in [0.25, 0.3) is 0 Å². The first kappa shape index (κ1) is 14.1. The summed E-state index contributed by atoms with van der Waals surface area (Å²) >= 11 is 1.61. The van der Waals surface area contributed by atoms with Crippen LogP contribution >= 0.6 is 11.8 Å². The van der Waals surface area contributed by atoms with E-state index in [1.54, 1.807) is 18.0 Å².